The number of nitrogens with one attached hydrogen (secondary N) is 1. The Morgan fingerprint density at radius 1 is 1.47 bits per heavy atom. The van der Waals surface area contributed by atoms with Crippen LogP contribution in [-0.4, -0.2) is 37.9 Å². The van der Waals surface area contributed by atoms with Crippen LogP contribution in [0.1, 0.15) is 39.0 Å². The van der Waals surface area contributed by atoms with Gasteiger partial charge in [0.2, 0.25) is 5.91 Å². The minimum Gasteiger partial charge on any atom is -0.376 e. The summed E-state index contributed by atoms with van der Waals surface area (Å²) in [6.45, 7) is 3.61. The first-order chi connectivity index (χ1) is 8.24. The minimum absolute atomic E-state index is 0.00357. The van der Waals surface area contributed by atoms with Crippen LogP contribution in [0.3, 0.4) is 0 Å². The number of hydrogen-bond donors (Lipinski definition) is 1. The fourth-order valence-electron chi connectivity index (χ4n) is 2.29. The molecule has 2 atom stereocenters. The minimum atomic E-state index is -0.00357. The molecular formula is C13H23NO3. The number of carbonyl (C=O) groups excluding carboxylic acids is 1. The Labute approximate surface area is 103 Å². The van der Waals surface area contributed by atoms with Crippen LogP contribution in [0.4, 0.5) is 0 Å². The van der Waals surface area contributed by atoms with E-state index in [0.717, 1.165) is 31.8 Å². The summed E-state index contributed by atoms with van der Waals surface area (Å²) in [5.74, 6) is 0.842. The molecule has 0 unspecified atom stereocenters. The van der Waals surface area contributed by atoms with E-state index >= 15 is 0 Å². The van der Waals surface area contributed by atoms with E-state index in [0.29, 0.717) is 6.61 Å². The van der Waals surface area contributed by atoms with E-state index in [1.165, 1.54) is 12.8 Å². The van der Waals surface area contributed by atoms with E-state index in [-0.39, 0.29) is 24.7 Å². The lowest BCUT2D eigenvalue weighted by atomic mass is 10.1. The van der Waals surface area contributed by atoms with Crippen LogP contribution < -0.4 is 5.32 Å². The van der Waals surface area contributed by atoms with Crippen molar-refractivity contribution in [2.24, 2.45) is 5.92 Å². The van der Waals surface area contributed by atoms with Gasteiger partial charge in [-0.2, -0.15) is 0 Å². The first-order valence-electron chi connectivity index (χ1n) is 6.72. The molecule has 4 heteroatoms. The van der Waals surface area contributed by atoms with Gasteiger partial charge in [-0.15, -0.1) is 0 Å². The molecule has 0 bridgehead atoms. The van der Waals surface area contributed by atoms with Crippen LogP contribution >= 0.6 is 0 Å². The normalized spacial score (nSPS) is 25.8. The van der Waals surface area contributed by atoms with Crippen LogP contribution in [0, 0.1) is 5.92 Å². The Bertz CT molecular complexity index is 247. The highest BCUT2D eigenvalue weighted by molar-refractivity contribution is 5.77. The first-order valence-corrected chi connectivity index (χ1v) is 6.72. The molecule has 0 aromatic heterocycles. The van der Waals surface area contributed by atoms with Crippen molar-refractivity contribution >= 4 is 5.91 Å². The predicted molar refractivity (Wildman–Crippen MR) is 64.7 cm³/mol. The summed E-state index contributed by atoms with van der Waals surface area (Å²) in [6.07, 6.45) is 6.13. The monoisotopic (exact) mass is 241 g/mol. The second kappa shape index (κ2) is 6.36. The SMILES string of the molecule is C[C@@H](CC1CC1)NC(=O)COC[C@@H]1CCCO1. The molecule has 0 spiro atoms. The third-order valence-corrected chi connectivity index (χ3v) is 3.35. The molecule has 4 nitrogen and oxygen atoms in total. The van der Waals surface area contributed by atoms with Gasteiger partial charge in [0.25, 0.3) is 0 Å². The van der Waals surface area contributed by atoms with Gasteiger partial charge < -0.3 is 14.8 Å². The molecule has 0 aromatic rings. The summed E-state index contributed by atoms with van der Waals surface area (Å²) in [6, 6.07) is 0.279. The highest BCUT2D eigenvalue weighted by atomic mass is 16.5. The second-order valence-corrected chi connectivity index (χ2v) is 5.30. The molecular weight excluding hydrogens is 218 g/mol. The van der Waals surface area contributed by atoms with Crippen LogP contribution in [-0.2, 0) is 14.3 Å². The molecule has 1 N–H and O–H groups in total. The van der Waals surface area contributed by atoms with E-state index < -0.39 is 0 Å². The van der Waals surface area contributed by atoms with Gasteiger partial charge in [0.15, 0.2) is 0 Å². The maximum absolute atomic E-state index is 11.6. The molecule has 98 valence electrons. The molecule has 1 aliphatic carbocycles. The zero-order chi connectivity index (χ0) is 12.1. The van der Waals surface area contributed by atoms with Gasteiger partial charge in [-0.3, -0.25) is 4.79 Å². The van der Waals surface area contributed by atoms with Crippen molar-refractivity contribution in [2.75, 3.05) is 19.8 Å². The van der Waals surface area contributed by atoms with Gasteiger partial charge in [0.05, 0.1) is 12.7 Å². The quantitative estimate of drug-likeness (QED) is 0.734. The zero-order valence-corrected chi connectivity index (χ0v) is 10.6. The van der Waals surface area contributed by atoms with Crippen molar-refractivity contribution in [2.45, 2.75) is 51.2 Å². The molecule has 1 saturated heterocycles. The molecule has 2 rings (SSSR count). The topological polar surface area (TPSA) is 47.6 Å². The average Bonchev–Trinajstić information content (AvgIpc) is 2.93. The van der Waals surface area contributed by atoms with Crippen LogP contribution in [0.15, 0.2) is 0 Å². The Kier molecular flexibility index (Phi) is 4.80. The predicted octanol–water partition coefficient (Wildman–Crippen LogP) is 1.49. The smallest absolute Gasteiger partial charge is 0.246 e. The third kappa shape index (κ3) is 5.04. The average molecular weight is 241 g/mol. The lowest BCUT2D eigenvalue weighted by Crippen LogP contribution is -2.36. The van der Waals surface area contributed by atoms with Crippen LogP contribution in [0.25, 0.3) is 0 Å². The van der Waals surface area contributed by atoms with Crippen LogP contribution in [0.2, 0.25) is 0 Å². The Morgan fingerprint density at radius 3 is 2.94 bits per heavy atom. The van der Waals surface area contributed by atoms with E-state index in [1.807, 2.05) is 0 Å². The summed E-state index contributed by atoms with van der Waals surface area (Å²) in [5, 5.41) is 2.97. The van der Waals surface area contributed by atoms with E-state index in [2.05, 4.69) is 12.2 Å². The number of carbonyl (C=O) groups is 1. The van der Waals surface area contributed by atoms with Crippen molar-refractivity contribution in [3.05, 3.63) is 0 Å². The van der Waals surface area contributed by atoms with Gasteiger partial charge in [-0.1, -0.05) is 12.8 Å². The maximum atomic E-state index is 11.6. The molecule has 2 aliphatic rings. The van der Waals surface area contributed by atoms with Gasteiger partial charge >= 0.3 is 0 Å². The molecule has 1 aliphatic heterocycles. The van der Waals surface area contributed by atoms with Crippen LogP contribution in [0.5, 0.6) is 0 Å². The fourth-order valence-corrected chi connectivity index (χ4v) is 2.29. The molecule has 2 fully saturated rings. The molecule has 1 saturated carbocycles. The number of hydrogen-bond acceptors (Lipinski definition) is 3. The summed E-state index contributed by atoms with van der Waals surface area (Å²) < 4.78 is 10.8. The summed E-state index contributed by atoms with van der Waals surface area (Å²) in [7, 11) is 0. The fraction of sp³-hybridized carbons (Fsp3) is 0.923. The molecule has 0 radical (unpaired) electrons. The van der Waals surface area contributed by atoms with Gasteiger partial charge in [-0.05, 0) is 32.1 Å². The van der Waals surface area contributed by atoms with Crippen molar-refractivity contribution in [1.29, 1.82) is 0 Å². The molecule has 17 heavy (non-hydrogen) atoms. The van der Waals surface area contributed by atoms with E-state index in [4.69, 9.17) is 9.47 Å². The second-order valence-electron chi connectivity index (χ2n) is 5.30. The number of ether oxygens (including phenoxy) is 2. The third-order valence-electron chi connectivity index (χ3n) is 3.35. The zero-order valence-electron chi connectivity index (χ0n) is 10.6. The van der Waals surface area contributed by atoms with Crippen molar-refractivity contribution in [1.82, 2.24) is 5.32 Å². The lowest BCUT2D eigenvalue weighted by molar-refractivity contribution is -0.127. The highest BCUT2D eigenvalue weighted by Crippen LogP contribution is 2.33. The number of amides is 1. The van der Waals surface area contributed by atoms with E-state index in [1.54, 1.807) is 0 Å². The Balaban J connectivity index is 1.50. The number of rotatable bonds is 7. The maximum Gasteiger partial charge on any atom is 0.246 e. The summed E-state index contributed by atoms with van der Waals surface area (Å²) in [5.41, 5.74) is 0. The largest absolute Gasteiger partial charge is 0.376 e. The Hall–Kier alpha value is -0.610. The highest BCUT2D eigenvalue weighted by Gasteiger charge is 2.24. The standard InChI is InChI=1S/C13H23NO3/c1-10(7-11-4-5-11)14-13(15)9-16-8-12-3-2-6-17-12/h10-12H,2-9H2,1H3,(H,14,15)/t10-,12-/m0/s1. The van der Waals surface area contributed by atoms with Gasteiger partial charge in [0.1, 0.15) is 6.61 Å². The van der Waals surface area contributed by atoms with Gasteiger partial charge in [-0.25, -0.2) is 0 Å². The summed E-state index contributed by atoms with van der Waals surface area (Å²) in [4.78, 5) is 11.6. The van der Waals surface area contributed by atoms with Crippen molar-refractivity contribution < 1.29 is 14.3 Å². The molecule has 1 amide bonds. The van der Waals surface area contributed by atoms with E-state index in [9.17, 15) is 4.79 Å². The lowest BCUT2D eigenvalue weighted by Gasteiger charge is -2.14. The molecule has 0 aromatic carbocycles. The van der Waals surface area contributed by atoms with Gasteiger partial charge in [0, 0.05) is 12.6 Å². The Morgan fingerprint density at radius 2 is 2.29 bits per heavy atom. The van der Waals surface area contributed by atoms with Crippen molar-refractivity contribution in [3.63, 3.8) is 0 Å². The van der Waals surface area contributed by atoms with Crippen molar-refractivity contribution in [3.8, 4) is 0 Å². The summed E-state index contributed by atoms with van der Waals surface area (Å²) >= 11 is 0. The molecule has 1 heterocycles. The first kappa shape index (κ1) is 12.8.